The molecule has 0 radical (unpaired) electrons. The molecule has 0 amide bonds. The molecule has 1 unspecified atom stereocenters. The lowest BCUT2D eigenvalue weighted by Gasteiger charge is -2.28. The summed E-state index contributed by atoms with van der Waals surface area (Å²) in [5.74, 6) is 0. The lowest BCUT2D eigenvalue weighted by Crippen LogP contribution is -2.42. The summed E-state index contributed by atoms with van der Waals surface area (Å²) in [5, 5.41) is 14.0. The molecule has 2 N–H and O–H groups in total. The fourth-order valence-corrected chi connectivity index (χ4v) is 2.33. The van der Waals surface area contributed by atoms with Crippen molar-refractivity contribution >= 4 is 17.3 Å². The minimum Gasteiger partial charge on any atom is -0.390 e. The van der Waals surface area contributed by atoms with E-state index >= 15 is 0 Å². The monoisotopic (exact) mass is 284 g/mol. The number of aliphatic hydroxyl groups is 1. The zero-order valence-electron chi connectivity index (χ0n) is 11.2. The van der Waals surface area contributed by atoms with Crippen LogP contribution in [0.2, 0.25) is 5.02 Å². The quantitative estimate of drug-likeness (QED) is 0.865. The third-order valence-electron chi connectivity index (χ3n) is 3.30. The smallest absolute Gasteiger partial charge is 0.0839 e. The number of morpholine rings is 1. The maximum atomic E-state index is 10.0. The van der Waals surface area contributed by atoms with Crippen molar-refractivity contribution in [1.82, 2.24) is 4.90 Å². The fourth-order valence-electron chi connectivity index (χ4n) is 2.16. The van der Waals surface area contributed by atoms with E-state index in [1.54, 1.807) is 0 Å². The maximum Gasteiger partial charge on any atom is 0.0839 e. The molecule has 1 aromatic carbocycles. The Labute approximate surface area is 119 Å². The van der Waals surface area contributed by atoms with Crippen LogP contribution in [0.4, 0.5) is 5.69 Å². The molecule has 1 aliphatic heterocycles. The van der Waals surface area contributed by atoms with E-state index in [1.165, 1.54) is 0 Å². The van der Waals surface area contributed by atoms with Crippen molar-refractivity contribution in [2.24, 2.45) is 0 Å². The number of ether oxygens (including phenoxy) is 1. The van der Waals surface area contributed by atoms with Crippen molar-refractivity contribution in [3.8, 4) is 0 Å². The summed E-state index contributed by atoms with van der Waals surface area (Å²) in [7, 11) is 0. The zero-order valence-corrected chi connectivity index (χ0v) is 12.0. The van der Waals surface area contributed by atoms with Crippen LogP contribution < -0.4 is 5.32 Å². The molecular weight excluding hydrogens is 264 g/mol. The summed E-state index contributed by atoms with van der Waals surface area (Å²) in [4.78, 5) is 2.22. The van der Waals surface area contributed by atoms with Crippen LogP contribution >= 0.6 is 11.6 Å². The first-order chi connectivity index (χ1) is 9.15. The van der Waals surface area contributed by atoms with E-state index in [1.807, 2.05) is 25.1 Å². The van der Waals surface area contributed by atoms with Gasteiger partial charge < -0.3 is 15.2 Å². The molecule has 1 saturated heterocycles. The van der Waals surface area contributed by atoms with Gasteiger partial charge in [-0.25, -0.2) is 0 Å². The Morgan fingerprint density at radius 1 is 1.42 bits per heavy atom. The lowest BCUT2D eigenvalue weighted by atomic mass is 10.2. The van der Waals surface area contributed by atoms with Gasteiger partial charge in [0.05, 0.1) is 19.3 Å². The van der Waals surface area contributed by atoms with E-state index < -0.39 is 6.10 Å². The first-order valence-corrected chi connectivity index (χ1v) is 7.01. The second-order valence-corrected chi connectivity index (χ2v) is 5.34. The Bertz CT molecular complexity index is 408. The van der Waals surface area contributed by atoms with Gasteiger partial charge in [-0.05, 0) is 24.6 Å². The fraction of sp³-hybridized carbons (Fsp3) is 0.571. The summed E-state index contributed by atoms with van der Waals surface area (Å²) in [5.41, 5.74) is 2.11. The van der Waals surface area contributed by atoms with Gasteiger partial charge in [0.15, 0.2) is 0 Å². The number of anilines is 1. The van der Waals surface area contributed by atoms with E-state index in [-0.39, 0.29) is 0 Å². The predicted octanol–water partition coefficient (Wildman–Crippen LogP) is 1.75. The van der Waals surface area contributed by atoms with Crippen LogP contribution in [0.5, 0.6) is 0 Å². The van der Waals surface area contributed by atoms with Crippen molar-refractivity contribution < 1.29 is 9.84 Å². The molecular formula is C14H21ClN2O2. The van der Waals surface area contributed by atoms with Crippen LogP contribution in [0, 0.1) is 6.92 Å². The van der Waals surface area contributed by atoms with Crippen molar-refractivity contribution in [2.75, 3.05) is 44.7 Å². The summed E-state index contributed by atoms with van der Waals surface area (Å²) in [6.07, 6.45) is -0.392. The number of hydrogen-bond acceptors (Lipinski definition) is 4. The minimum absolute atomic E-state index is 0.392. The second-order valence-electron chi connectivity index (χ2n) is 4.91. The predicted molar refractivity (Wildman–Crippen MR) is 77.9 cm³/mol. The first kappa shape index (κ1) is 14.6. The molecule has 0 aromatic heterocycles. The molecule has 1 heterocycles. The van der Waals surface area contributed by atoms with E-state index in [0.717, 1.165) is 37.6 Å². The van der Waals surface area contributed by atoms with Crippen molar-refractivity contribution in [3.63, 3.8) is 0 Å². The zero-order chi connectivity index (χ0) is 13.7. The highest BCUT2D eigenvalue weighted by Gasteiger charge is 2.14. The molecule has 1 fully saturated rings. The van der Waals surface area contributed by atoms with Crippen LogP contribution in [0.15, 0.2) is 18.2 Å². The molecule has 0 aliphatic carbocycles. The minimum atomic E-state index is -0.392. The normalized spacial score (nSPS) is 18.3. The van der Waals surface area contributed by atoms with E-state index in [9.17, 15) is 5.11 Å². The Morgan fingerprint density at radius 2 is 2.16 bits per heavy atom. The number of benzene rings is 1. The average molecular weight is 285 g/mol. The summed E-state index contributed by atoms with van der Waals surface area (Å²) >= 11 is 5.96. The molecule has 5 heteroatoms. The highest BCUT2D eigenvalue weighted by atomic mass is 35.5. The number of rotatable bonds is 5. The number of aliphatic hydroxyl groups excluding tert-OH is 1. The molecule has 106 valence electrons. The average Bonchev–Trinajstić information content (AvgIpc) is 2.41. The Balaban J connectivity index is 1.79. The lowest BCUT2D eigenvalue weighted by molar-refractivity contribution is 0.0171. The van der Waals surface area contributed by atoms with Gasteiger partial charge in [-0.2, -0.15) is 0 Å². The van der Waals surface area contributed by atoms with Crippen LogP contribution in [0.1, 0.15) is 5.56 Å². The van der Waals surface area contributed by atoms with E-state index in [4.69, 9.17) is 16.3 Å². The third-order valence-corrected chi connectivity index (χ3v) is 3.54. The molecule has 19 heavy (non-hydrogen) atoms. The van der Waals surface area contributed by atoms with Gasteiger partial charge in [-0.3, -0.25) is 4.90 Å². The van der Waals surface area contributed by atoms with Crippen LogP contribution in [0.3, 0.4) is 0 Å². The topological polar surface area (TPSA) is 44.7 Å². The number of hydrogen-bond donors (Lipinski definition) is 2. The molecule has 0 bridgehead atoms. The van der Waals surface area contributed by atoms with E-state index in [0.29, 0.717) is 18.1 Å². The number of nitrogens with one attached hydrogen (secondary N) is 1. The van der Waals surface area contributed by atoms with Crippen LogP contribution in [-0.2, 0) is 4.74 Å². The Hall–Kier alpha value is -0.810. The van der Waals surface area contributed by atoms with Crippen LogP contribution in [0.25, 0.3) is 0 Å². The van der Waals surface area contributed by atoms with E-state index in [2.05, 4.69) is 10.2 Å². The van der Waals surface area contributed by atoms with Crippen molar-refractivity contribution in [2.45, 2.75) is 13.0 Å². The number of nitrogens with zero attached hydrogens (tertiary/aromatic N) is 1. The summed E-state index contributed by atoms with van der Waals surface area (Å²) in [6, 6.07) is 5.73. The molecule has 4 nitrogen and oxygen atoms in total. The molecule has 1 aromatic rings. The van der Waals surface area contributed by atoms with Gasteiger partial charge in [-0.1, -0.05) is 17.7 Å². The van der Waals surface area contributed by atoms with Gasteiger partial charge in [-0.15, -0.1) is 0 Å². The molecule has 0 saturated carbocycles. The summed E-state index contributed by atoms with van der Waals surface area (Å²) in [6.45, 7) is 6.53. The largest absolute Gasteiger partial charge is 0.390 e. The number of aryl methyl sites for hydroxylation is 1. The summed E-state index contributed by atoms with van der Waals surface area (Å²) < 4.78 is 5.29. The number of β-amino-alcohol motifs (C(OH)–C–C–N with tert-alkyl or cyclic N) is 1. The van der Waals surface area contributed by atoms with Gasteiger partial charge in [0.2, 0.25) is 0 Å². The molecule has 0 spiro atoms. The first-order valence-electron chi connectivity index (χ1n) is 6.63. The van der Waals surface area contributed by atoms with Gasteiger partial charge in [0, 0.05) is 36.9 Å². The third kappa shape index (κ3) is 4.66. The Kier molecular flexibility index (Phi) is 5.45. The molecule has 2 rings (SSSR count). The highest BCUT2D eigenvalue weighted by Crippen LogP contribution is 2.20. The molecule has 1 aliphatic rings. The SMILES string of the molecule is Cc1ccc(Cl)cc1NCC(O)CN1CCOCC1. The van der Waals surface area contributed by atoms with Gasteiger partial charge >= 0.3 is 0 Å². The van der Waals surface area contributed by atoms with Gasteiger partial charge in [0.25, 0.3) is 0 Å². The van der Waals surface area contributed by atoms with Crippen molar-refractivity contribution in [3.05, 3.63) is 28.8 Å². The Morgan fingerprint density at radius 3 is 2.89 bits per heavy atom. The van der Waals surface area contributed by atoms with Gasteiger partial charge in [0.1, 0.15) is 0 Å². The number of halogens is 1. The highest BCUT2D eigenvalue weighted by molar-refractivity contribution is 6.30. The van der Waals surface area contributed by atoms with Crippen molar-refractivity contribution in [1.29, 1.82) is 0 Å². The second kappa shape index (κ2) is 7.10. The standard InChI is InChI=1S/C14H21ClN2O2/c1-11-2-3-12(15)8-14(11)16-9-13(18)10-17-4-6-19-7-5-17/h2-3,8,13,16,18H,4-7,9-10H2,1H3. The maximum absolute atomic E-state index is 10.0. The van der Waals surface area contributed by atoms with Crippen LogP contribution in [-0.4, -0.2) is 55.5 Å². The molecule has 1 atom stereocenters.